The Balaban J connectivity index is 1.82. The summed E-state index contributed by atoms with van der Waals surface area (Å²) in [5, 5.41) is 10.4. The van der Waals surface area contributed by atoms with E-state index in [1.807, 2.05) is 30.7 Å². The lowest BCUT2D eigenvalue weighted by Gasteiger charge is -2.09. The number of aryl methyl sites for hydroxylation is 3. The number of hydrogen-bond acceptors (Lipinski definition) is 3. The molecule has 6 nitrogen and oxygen atoms in total. The average molecular weight is 456 g/mol. The van der Waals surface area contributed by atoms with E-state index < -0.39 is 22.3 Å². The molecule has 0 radical (unpaired) electrons. The van der Waals surface area contributed by atoms with Crippen LogP contribution in [0.3, 0.4) is 0 Å². The molecule has 0 atom stereocenters. The zero-order valence-electron chi connectivity index (χ0n) is 15.3. The highest BCUT2D eigenvalue weighted by molar-refractivity contribution is 9.10. The van der Waals surface area contributed by atoms with Crippen molar-refractivity contribution < 1.29 is 18.0 Å². The molecular weight excluding hydrogens is 439 g/mol. The van der Waals surface area contributed by atoms with Gasteiger partial charge in [0.25, 0.3) is 5.91 Å². The summed E-state index contributed by atoms with van der Waals surface area (Å²) in [7, 11) is 1.29. The highest BCUT2D eigenvalue weighted by Gasteiger charge is 2.39. The van der Waals surface area contributed by atoms with Gasteiger partial charge in [-0.25, -0.2) is 0 Å². The fourth-order valence-electron chi connectivity index (χ4n) is 2.87. The third-order valence-electron chi connectivity index (χ3n) is 4.09. The van der Waals surface area contributed by atoms with Gasteiger partial charge in [-0.2, -0.15) is 23.4 Å². The molecule has 0 aliphatic rings. The second-order valence-electron chi connectivity index (χ2n) is 6.37. The number of halogens is 4. The van der Waals surface area contributed by atoms with E-state index in [4.69, 9.17) is 0 Å². The average Bonchev–Trinajstić information content (AvgIpc) is 3.05. The van der Waals surface area contributed by atoms with Crippen LogP contribution in [0.2, 0.25) is 0 Å². The first kappa shape index (κ1) is 20.1. The second kappa shape index (κ2) is 7.42. The predicted molar refractivity (Wildman–Crippen MR) is 101 cm³/mol. The smallest absolute Gasteiger partial charge is 0.321 e. The van der Waals surface area contributed by atoms with E-state index in [-0.39, 0.29) is 5.69 Å². The van der Waals surface area contributed by atoms with Crippen LogP contribution in [0.15, 0.2) is 34.8 Å². The Kier molecular flexibility index (Phi) is 5.33. The first-order chi connectivity index (χ1) is 13.1. The van der Waals surface area contributed by atoms with Gasteiger partial charge in [-0.05, 0) is 53.5 Å². The number of anilines is 1. The number of rotatable bonds is 4. The molecule has 0 unspecified atom stereocenters. The molecule has 10 heteroatoms. The molecule has 3 rings (SSSR count). The number of carbonyl (C=O) groups is 1. The number of benzene rings is 1. The zero-order chi connectivity index (χ0) is 20.6. The van der Waals surface area contributed by atoms with Crippen LogP contribution < -0.4 is 5.32 Å². The van der Waals surface area contributed by atoms with E-state index in [0.717, 1.165) is 21.6 Å². The maximum atomic E-state index is 13.0. The molecule has 3 aromatic rings. The van der Waals surface area contributed by atoms with Crippen LogP contribution in [-0.4, -0.2) is 25.5 Å². The number of carbonyl (C=O) groups excluding carboxylic acids is 1. The van der Waals surface area contributed by atoms with Crippen LogP contribution >= 0.6 is 15.9 Å². The maximum Gasteiger partial charge on any atom is 0.436 e. The Hall–Kier alpha value is -2.62. The van der Waals surface area contributed by atoms with Crippen LogP contribution in [0.5, 0.6) is 0 Å². The van der Waals surface area contributed by atoms with Crippen molar-refractivity contribution >= 4 is 27.5 Å². The van der Waals surface area contributed by atoms with E-state index in [0.29, 0.717) is 12.2 Å². The van der Waals surface area contributed by atoms with E-state index in [1.165, 1.54) is 7.05 Å². The normalized spacial score (nSPS) is 11.7. The second-order valence-corrected chi connectivity index (χ2v) is 7.16. The van der Waals surface area contributed by atoms with Crippen molar-refractivity contribution in [3.05, 3.63) is 63.1 Å². The minimum absolute atomic E-state index is 0.212. The minimum atomic E-state index is -4.66. The van der Waals surface area contributed by atoms with Crippen LogP contribution in [0, 0.1) is 13.8 Å². The molecule has 1 aromatic carbocycles. The Morgan fingerprint density at radius 2 is 1.93 bits per heavy atom. The highest BCUT2D eigenvalue weighted by atomic mass is 79.9. The molecule has 1 N–H and O–H groups in total. The minimum Gasteiger partial charge on any atom is -0.321 e. The lowest BCUT2D eigenvalue weighted by Crippen LogP contribution is -2.17. The van der Waals surface area contributed by atoms with Crippen LogP contribution in [0.4, 0.5) is 18.9 Å². The quantitative estimate of drug-likeness (QED) is 0.637. The standard InChI is InChI=1S/C18H17BrF3N5O/c1-10-7-11(2)27(24-10)9-12-5-4-6-13(8-12)23-17(28)15-14(19)16(18(20,21)22)25-26(15)3/h4-8H,9H2,1-3H3,(H,23,28). The molecular formula is C18H17BrF3N5O. The largest absolute Gasteiger partial charge is 0.436 e. The summed E-state index contributed by atoms with van der Waals surface area (Å²) in [6.45, 7) is 4.36. The van der Waals surface area contributed by atoms with Crippen LogP contribution in [0.1, 0.15) is 33.1 Å². The van der Waals surface area contributed by atoms with Gasteiger partial charge < -0.3 is 5.32 Å². The predicted octanol–water partition coefficient (Wildman–Crippen LogP) is 4.32. The first-order valence-electron chi connectivity index (χ1n) is 8.27. The Labute approximate surface area is 167 Å². The van der Waals surface area contributed by atoms with Crippen LogP contribution in [0.25, 0.3) is 0 Å². The summed E-state index contributed by atoms with van der Waals surface area (Å²) in [5.41, 5.74) is 1.92. The molecule has 0 saturated carbocycles. The number of alkyl halides is 3. The molecule has 2 heterocycles. The molecule has 0 bridgehead atoms. The van der Waals surface area contributed by atoms with Gasteiger partial charge in [-0.1, -0.05) is 12.1 Å². The van der Waals surface area contributed by atoms with E-state index in [2.05, 4.69) is 31.4 Å². The summed E-state index contributed by atoms with van der Waals surface area (Å²) in [6, 6.07) is 9.02. The topological polar surface area (TPSA) is 64.7 Å². The number of hydrogen-bond donors (Lipinski definition) is 1. The maximum absolute atomic E-state index is 13.0. The number of nitrogens with one attached hydrogen (secondary N) is 1. The fourth-order valence-corrected chi connectivity index (χ4v) is 3.61. The third kappa shape index (κ3) is 4.11. The Bertz CT molecular complexity index is 1040. The zero-order valence-corrected chi connectivity index (χ0v) is 16.9. The summed E-state index contributed by atoms with van der Waals surface area (Å²) in [5.74, 6) is -0.694. The summed E-state index contributed by atoms with van der Waals surface area (Å²) in [4.78, 5) is 12.5. The molecule has 0 fully saturated rings. The van der Waals surface area contributed by atoms with Crippen molar-refractivity contribution in [1.82, 2.24) is 19.6 Å². The summed E-state index contributed by atoms with van der Waals surface area (Å²) < 4.78 is 41.3. The monoisotopic (exact) mass is 455 g/mol. The van der Waals surface area contributed by atoms with Crippen molar-refractivity contribution in [2.75, 3.05) is 5.32 Å². The van der Waals surface area contributed by atoms with Gasteiger partial charge in [0, 0.05) is 18.4 Å². The highest BCUT2D eigenvalue weighted by Crippen LogP contribution is 2.35. The SMILES string of the molecule is Cc1cc(C)n(Cc2cccc(NC(=O)c3c(Br)c(C(F)(F)F)nn3C)c2)n1. The van der Waals surface area contributed by atoms with Gasteiger partial charge >= 0.3 is 6.18 Å². The van der Waals surface area contributed by atoms with E-state index in [9.17, 15) is 18.0 Å². The molecule has 1 amide bonds. The lowest BCUT2D eigenvalue weighted by molar-refractivity contribution is -0.142. The van der Waals surface area contributed by atoms with Crippen molar-refractivity contribution in [2.45, 2.75) is 26.6 Å². The molecule has 2 aromatic heterocycles. The third-order valence-corrected chi connectivity index (χ3v) is 4.84. The van der Waals surface area contributed by atoms with Gasteiger partial charge in [-0.15, -0.1) is 0 Å². The molecule has 148 valence electrons. The van der Waals surface area contributed by atoms with Crippen molar-refractivity contribution in [3.63, 3.8) is 0 Å². The molecule has 0 aliphatic heterocycles. The van der Waals surface area contributed by atoms with Gasteiger partial charge in [0.15, 0.2) is 5.69 Å². The number of aromatic nitrogens is 4. The van der Waals surface area contributed by atoms with Gasteiger partial charge in [0.05, 0.1) is 16.7 Å². The Morgan fingerprint density at radius 1 is 1.21 bits per heavy atom. The van der Waals surface area contributed by atoms with Gasteiger partial charge in [0.2, 0.25) is 0 Å². The Morgan fingerprint density at radius 3 is 2.50 bits per heavy atom. The van der Waals surface area contributed by atoms with E-state index in [1.54, 1.807) is 18.2 Å². The first-order valence-corrected chi connectivity index (χ1v) is 9.06. The molecule has 0 saturated heterocycles. The molecule has 0 spiro atoms. The van der Waals surface area contributed by atoms with Crippen LogP contribution in [-0.2, 0) is 19.8 Å². The number of amides is 1. The molecule has 28 heavy (non-hydrogen) atoms. The summed E-state index contributed by atoms with van der Waals surface area (Å²) in [6.07, 6.45) is -4.66. The molecule has 0 aliphatic carbocycles. The number of nitrogens with zero attached hydrogens (tertiary/aromatic N) is 4. The van der Waals surface area contributed by atoms with E-state index >= 15 is 0 Å². The van der Waals surface area contributed by atoms with Gasteiger partial charge in [-0.3, -0.25) is 14.2 Å². The fraction of sp³-hybridized carbons (Fsp3) is 0.278. The summed E-state index contributed by atoms with van der Waals surface area (Å²) >= 11 is 2.85. The van der Waals surface area contributed by atoms with Crippen molar-refractivity contribution in [3.8, 4) is 0 Å². The van der Waals surface area contributed by atoms with Crippen molar-refractivity contribution in [1.29, 1.82) is 0 Å². The van der Waals surface area contributed by atoms with Gasteiger partial charge in [0.1, 0.15) is 5.69 Å². The lowest BCUT2D eigenvalue weighted by atomic mass is 10.2. The van der Waals surface area contributed by atoms with Crippen molar-refractivity contribution in [2.24, 2.45) is 7.05 Å².